The Bertz CT molecular complexity index is 583. The average Bonchev–Trinajstić information content (AvgIpc) is 2.65. The molecule has 0 radical (unpaired) electrons. The van der Waals surface area contributed by atoms with Crippen molar-refractivity contribution >= 4 is 21.7 Å². The second-order valence-corrected chi connectivity index (χ2v) is 4.80. The quantitative estimate of drug-likeness (QED) is 0.849. The SMILES string of the molecule is Nc1[nH]ncc1-c1ccc2c(c1Br)OCCCO2. The Labute approximate surface area is 112 Å². The Morgan fingerprint density at radius 1 is 1.22 bits per heavy atom. The number of ether oxygens (including phenoxy) is 2. The van der Waals surface area contributed by atoms with Crippen molar-refractivity contribution in [2.45, 2.75) is 6.42 Å². The van der Waals surface area contributed by atoms with Gasteiger partial charge in [0.15, 0.2) is 11.5 Å². The zero-order valence-corrected chi connectivity index (χ0v) is 11.2. The molecule has 0 spiro atoms. The maximum absolute atomic E-state index is 5.84. The van der Waals surface area contributed by atoms with Crippen molar-refractivity contribution in [2.75, 3.05) is 18.9 Å². The van der Waals surface area contributed by atoms with Crippen LogP contribution in [0.4, 0.5) is 5.82 Å². The third-order valence-corrected chi connectivity index (χ3v) is 3.60. The molecule has 0 aliphatic carbocycles. The molecule has 1 aliphatic heterocycles. The molecule has 0 atom stereocenters. The number of H-pyrrole nitrogens is 1. The minimum atomic E-state index is 0.533. The number of rotatable bonds is 1. The van der Waals surface area contributed by atoms with Gasteiger partial charge in [-0.3, -0.25) is 5.10 Å². The number of hydrogen-bond acceptors (Lipinski definition) is 4. The number of benzene rings is 1. The van der Waals surface area contributed by atoms with E-state index in [0.717, 1.165) is 33.5 Å². The second kappa shape index (κ2) is 4.53. The van der Waals surface area contributed by atoms with Crippen LogP contribution in [0, 0.1) is 0 Å². The van der Waals surface area contributed by atoms with Crippen molar-refractivity contribution in [3.63, 3.8) is 0 Å². The van der Waals surface area contributed by atoms with Crippen LogP contribution in [0.2, 0.25) is 0 Å². The Balaban J connectivity index is 2.13. The van der Waals surface area contributed by atoms with E-state index >= 15 is 0 Å². The van der Waals surface area contributed by atoms with Crippen molar-refractivity contribution in [2.24, 2.45) is 0 Å². The summed E-state index contributed by atoms with van der Waals surface area (Å²) in [7, 11) is 0. The fraction of sp³-hybridized carbons (Fsp3) is 0.250. The molecule has 5 nitrogen and oxygen atoms in total. The molecule has 1 aliphatic rings. The number of nitrogens with one attached hydrogen (secondary N) is 1. The van der Waals surface area contributed by atoms with Crippen LogP contribution in [0.3, 0.4) is 0 Å². The van der Waals surface area contributed by atoms with Crippen LogP contribution in [0.15, 0.2) is 22.8 Å². The van der Waals surface area contributed by atoms with E-state index in [9.17, 15) is 0 Å². The highest BCUT2D eigenvalue weighted by Crippen LogP contribution is 2.43. The lowest BCUT2D eigenvalue weighted by molar-refractivity contribution is 0.296. The van der Waals surface area contributed by atoms with Crippen molar-refractivity contribution in [1.29, 1.82) is 0 Å². The first-order chi connectivity index (χ1) is 8.77. The number of nitrogens with two attached hydrogens (primary N) is 1. The van der Waals surface area contributed by atoms with E-state index in [2.05, 4.69) is 26.1 Å². The highest BCUT2D eigenvalue weighted by molar-refractivity contribution is 9.10. The summed E-state index contributed by atoms with van der Waals surface area (Å²) >= 11 is 3.56. The number of fused-ring (bicyclic) bond motifs is 1. The maximum atomic E-state index is 5.84. The first-order valence-electron chi connectivity index (χ1n) is 5.64. The summed E-state index contributed by atoms with van der Waals surface area (Å²) in [4.78, 5) is 0. The second-order valence-electron chi connectivity index (χ2n) is 4.00. The lowest BCUT2D eigenvalue weighted by Gasteiger charge is -2.12. The molecule has 2 aromatic rings. The summed E-state index contributed by atoms with van der Waals surface area (Å²) in [5.41, 5.74) is 7.62. The van der Waals surface area contributed by atoms with Gasteiger partial charge in [0.2, 0.25) is 0 Å². The molecule has 3 rings (SSSR count). The Morgan fingerprint density at radius 2 is 2.06 bits per heavy atom. The first-order valence-corrected chi connectivity index (χ1v) is 6.44. The molecule has 0 saturated carbocycles. The molecule has 0 saturated heterocycles. The third kappa shape index (κ3) is 1.82. The van der Waals surface area contributed by atoms with Crippen LogP contribution in [-0.4, -0.2) is 23.4 Å². The van der Waals surface area contributed by atoms with Crippen LogP contribution in [0.5, 0.6) is 11.5 Å². The number of nitrogen functional groups attached to an aromatic ring is 1. The molecule has 0 unspecified atom stereocenters. The summed E-state index contributed by atoms with van der Waals surface area (Å²) < 4.78 is 12.2. The van der Waals surface area contributed by atoms with Gasteiger partial charge in [0.1, 0.15) is 5.82 Å². The van der Waals surface area contributed by atoms with Crippen LogP contribution in [0.25, 0.3) is 11.1 Å². The molecule has 6 heteroatoms. The normalized spacial score (nSPS) is 14.3. The molecule has 1 aromatic heterocycles. The van der Waals surface area contributed by atoms with Crippen LogP contribution >= 0.6 is 15.9 Å². The van der Waals surface area contributed by atoms with Crippen molar-refractivity contribution in [3.8, 4) is 22.6 Å². The summed E-state index contributed by atoms with van der Waals surface area (Å²) in [6, 6.07) is 3.84. The number of nitrogens with zero attached hydrogens (tertiary/aromatic N) is 1. The van der Waals surface area contributed by atoms with E-state index in [4.69, 9.17) is 15.2 Å². The van der Waals surface area contributed by atoms with E-state index in [1.165, 1.54) is 0 Å². The number of hydrogen-bond donors (Lipinski definition) is 2. The predicted octanol–water partition coefficient (Wildman–Crippen LogP) is 2.58. The topological polar surface area (TPSA) is 73.2 Å². The fourth-order valence-electron chi connectivity index (χ4n) is 1.92. The van der Waals surface area contributed by atoms with E-state index in [0.29, 0.717) is 19.0 Å². The summed E-state index contributed by atoms with van der Waals surface area (Å²) in [5.74, 6) is 2.01. The van der Waals surface area contributed by atoms with Gasteiger partial charge < -0.3 is 15.2 Å². The molecule has 3 N–H and O–H groups in total. The minimum Gasteiger partial charge on any atom is -0.490 e. The first kappa shape index (κ1) is 11.4. The Morgan fingerprint density at radius 3 is 2.83 bits per heavy atom. The molecule has 2 heterocycles. The van der Waals surface area contributed by atoms with Gasteiger partial charge in [-0.05, 0) is 28.1 Å². The molecule has 1 aromatic carbocycles. The molecule has 18 heavy (non-hydrogen) atoms. The molecule has 94 valence electrons. The zero-order chi connectivity index (χ0) is 12.5. The number of aromatic amines is 1. The Kier molecular flexibility index (Phi) is 2.87. The van der Waals surface area contributed by atoms with Gasteiger partial charge in [0, 0.05) is 17.5 Å². The van der Waals surface area contributed by atoms with Gasteiger partial charge in [0.05, 0.1) is 23.9 Å². The summed E-state index contributed by atoms with van der Waals surface area (Å²) in [5, 5.41) is 6.65. The molecule has 0 bridgehead atoms. The van der Waals surface area contributed by atoms with Crippen LogP contribution < -0.4 is 15.2 Å². The molecule has 0 fully saturated rings. The van der Waals surface area contributed by atoms with Crippen LogP contribution in [0.1, 0.15) is 6.42 Å². The fourth-order valence-corrected chi connectivity index (χ4v) is 2.58. The maximum Gasteiger partial charge on any atom is 0.175 e. The Hall–Kier alpha value is -1.69. The summed E-state index contributed by atoms with van der Waals surface area (Å²) in [6.07, 6.45) is 2.57. The number of anilines is 1. The summed E-state index contributed by atoms with van der Waals surface area (Å²) in [6.45, 7) is 1.32. The highest BCUT2D eigenvalue weighted by atomic mass is 79.9. The van der Waals surface area contributed by atoms with Crippen molar-refractivity contribution in [3.05, 3.63) is 22.8 Å². The largest absolute Gasteiger partial charge is 0.490 e. The van der Waals surface area contributed by atoms with Gasteiger partial charge in [-0.15, -0.1) is 0 Å². The van der Waals surface area contributed by atoms with E-state index in [1.807, 2.05) is 12.1 Å². The minimum absolute atomic E-state index is 0.533. The predicted molar refractivity (Wildman–Crippen MR) is 71.7 cm³/mol. The van der Waals surface area contributed by atoms with Gasteiger partial charge in [0.25, 0.3) is 0 Å². The van der Waals surface area contributed by atoms with E-state index in [1.54, 1.807) is 6.20 Å². The van der Waals surface area contributed by atoms with E-state index in [-0.39, 0.29) is 0 Å². The van der Waals surface area contributed by atoms with Gasteiger partial charge in [-0.25, -0.2) is 0 Å². The van der Waals surface area contributed by atoms with Crippen molar-refractivity contribution < 1.29 is 9.47 Å². The molecule has 0 amide bonds. The van der Waals surface area contributed by atoms with Gasteiger partial charge in [-0.2, -0.15) is 5.10 Å². The molecular formula is C12H12BrN3O2. The average molecular weight is 310 g/mol. The lowest BCUT2D eigenvalue weighted by atomic mass is 10.1. The number of halogens is 1. The van der Waals surface area contributed by atoms with E-state index < -0.39 is 0 Å². The van der Waals surface area contributed by atoms with Crippen LogP contribution in [-0.2, 0) is 0 Å². The highest BCUT2D eigenvalue weighted by Gasteiger charge is 2.19. The zero-order valence-electron chi connectivity index (χ0n) is 9.57. The van der Waals surface area contributed by atoms with Crippen molar-refractivity contribution in [1.82, 2.24) is 10.2 Å². The smallest absolute Gasteiger partial charge is 0.175 e. The monoisotopic (exact) mass is 309 g/mol. The standard InChI is InChI=1S/C12H12BrN3O2/c13-10-7(8-6-15-16-12(8)14)2-3-9-11(10)18-5-1-4-17-9/h2-3,6H,1,4-5H2,(H3,14,15,16). The third-order valence-electron chi connectivity index (χ3n) is 2.81. The lowest BCUT2D eigenvalue weighted by Crippen LogP contribution is -1.97. The van der Waals surface area contributed by atoms with Gasteiger partial charge >= 0.3 is 0 Å². The molecular weight excluding hydrogens is 298 g/mol. The number of aromatic nitrogens is 2. The van der Waals surface area contributed by atoms with Gasteiger partial charge in [-0.1, -0.05) is 0 Å².